The van der Waals surface area contributed by atoms with Crippen molar-refractivity contribution in [3.8, 4) is 0 Å². The summed E-state index contributed by atoms with van der Waals surface area (Å²) in [6.07, 6.45) is 0. The molecule has 6 nitrogen and oxygen atoms in total. The number of anilines is 1. The van der Waals surface area contributed by atoms with E-state index >= 15 is 0 Å². The summed E-state index contributed by atoms with van der Waals surface area (Å²) in [5.41, 5.74) is 1.57. The number of hydrogen-bond donors (Lipinski definition) is 2. The third kappa shape index (κ3) is 3.50. The van der Waals surface area contributed by atoms with Gasteiger partial charge in [0, 0.05) is 5.69 Å². The molecule has 0 aliphatic rings. The molecule has 1 aromatic rings. The van der Waals surface area contributed by atoms with E-state index in [0.29, 0.717) is 11.4 Å². The van der Waals surface area contributed by atoms with Crippen molar-refractivity contribution in [3.63, 3.8) is 0 Å². The van der Waals surface area contributed by atoms with E-state index in [9.17, 15) is 13.2 Å². The van der Waals surface area contributed by atoms with Crippen molar-refractivity contribution in [1.29, 1.82) is 0 Å². The van der Waals surface area contributed by atoms with E-state index in [1.807, 2.05) is 0 Å². The second kappa shape index (κ2) is 4.48. The van der Waals surface area contributed by atoms with Gasteiger partial charge in [-0.1, -0.05) is 0 Å². The molecule has 1 rings (SSSR count). The van der Waals surface area contributed by atoms with Crippen LogP contribution in [0.4, 0.5) is 5.69 Å². The zero-order chi connectivity index (χ0) is 12.3. The van der Waals surface area contributed by atoms with Gasteiger partial charge >= 0.3 is 5.97 Å². The van der Waals surface area contributed by atoms with Crippen molar-refractivity contribution in [3.05, 3.63) is 23.5 Å². The zero-order valence-corrected chi connectivity index (χ0v) is 9.71. The molecule has 0 radical (unpaired) electrons. The number of nitrogens with one attached hydrogen (secondary N) is 1. The molecule has 0 bridgehead atoms. The maximum Gasteiger partial charge on any atom is 0.320 e. The molecule has 0 spiro atoms. The topological polar surface area (TPSA) is 96.4 Å². The number of aromatic nitrogens is 1. The average molecular weight is 244 g/mol. The van der Waals surface area contributed by atoms with Crippen LogP contribution in [0.15, 0.2) is 12.1 Å². The number of hydrogen-bond acceptors (Lipinski definition) is 4. The molecule has 1 aromatic heterocycles. The fourth-order valence-corrected chi connectivity index (χ4v) is 2.11. The maximum atomic E-state index is 11.3. The van der Waals surface area contributed by atoms with Gasteiger partial charge in [0.15, 0.2) is 5.75 Å². The van der Waals surface area contributed by atoms with E-state index in [-0.39, 0.29) is 0 Å². The molecule has 0 saturated carbocycles. The third-order valence-corrected chi connectivity index (χ3v) is 2.96. The van der Waals surface area contributed by atoms with Crippen LogP contribution in [0.2, 0.25) is 0 Å². The first-order valence-electron chi connectivity index (χ1n) is 4.47. The number of rotatable bonds is 4. The lowest BCUT2D eigenvalue weighted by atomic mass is 10.3. The number of nitrogens with zero attached hydrogens (tertiary/aromatic N) is 1. The van der Waals surface area contributed by atoms with E-state index in [1.165, 1.54) is 0 Å². The first-order valence-corrected chi connectivity index (χ1v) is 6.12. The lowest BCUT2D eigenvalue weighted by Gasteiger charge is -2.08. The van der Waals surface area contributed by atoms with Crippen LogP contribution in [-0.4, -0.2) is 30.2 Å². The lowest BCUT2D eigenvalue weighted by Crippen LogP contribution is -2.23. The Balaban J connectivity index is 2.92. The summed E-state index contributed by atoms with van der Waals surface area (Å²) in [7, 11) is -3.86. The summed E-state index contributed by atoms with van der Waals surface area (Å²) >= 11 is 0. The lowest BCUT2D eigenvalue weighted by molar-refractivity contribution is -0.134. The van der Waals surface area contributed by atoms with Gasteiger partial charge in [-0.15, -0.1) is 0 Å². The fraction of sp³-hybridized carbons (Fsp3) is 0.333. The second-order valence-electron chi connectivity index (χ2n) is 3.34. The minimum atomic E-state index is -3.86. The number of aryl methyl sites for hydroxylation is 2. The molecule has 0 aliphatic carbocycles. The molecule has 0 unspecified atom stereocenters. The molecule has 1 heterocycles. The Labute approximate surface area is 93.4 Å². The van der Waals surface area contributed by atoms with Crippen LogP contribution in [0.1, 0.15) is 11.4 Å². The standard InChI is InChI=1S/C9H12N2O4S/c1-6-3-4-8(7(2)10-6)11-16(14,15)5-9(12)13/h3-4,11H,5H2,1-2H3,(H,12,13). The largest absolute Gasteiger partial charge is 0.480 e. The summed E-state index contributed by atoms with van der Waals surface area (Å²) in [6.45, 7) is 3.42. The van der Waals surface area contributed by atoms with Crippen molar-refractivity contribution in [2.45, 2.75) is 13.8 Å². The Morgan fingerprint density at radius 2 is 2.06 bits per heavy atom. The monoisotopic (exact) mass is 244 g/mol. The SMILES string of the molecule is Cc1ccc(NS(=O)(=O)CC(=O)O)c(C)n1. The molecule has 88 valence electrons. The minimum Gasteiger partial charge on any atom is -0.480 e. The van der Waals surface area contributed by atoms with E-state index in [2.05, 4.69) is 9.71 Å². The molecule has 0 fully saturated rings. The first-order chi connectivity index (χ1) is 7.30. The normalized spacial score (nSPS) is 11.1. The van der Waals surface area contributed by atoms with Crippen LogP contribution in [0.25, 0.3) is 0 Å². The van der Waals surface area contributed by atoms with Gasteiger partial charge in [-0.3, -0.25) is 14.5 Å². The molecular formula is C9H12N2O4S. The molecule has 7 heteroatoms. The second-order valence-corrected chi connectivity index (χ2v) is 5.06. The third-order valence-electron chi connectivity index (χ3n) is 1.80. The number of carbonyl (C=O) groups is 1. The van der Waals surface area contributed by atoms with Gasteiger partial charge in [-0.25, -0.2) is 8.42 Å². The predicted octanol–water partition coefficient (Wildman–Crippen LogP) is 0.525. The Morgan fingerprint density at radius 1 is 1.44 bits per heavy atom. The van der Waals surface area contributed by atoms with E-state index in [0.717, 1.165) is 5.69 Å². The van der Waals surface area contributed by atoms with Crippen LogP contribution in [0.3, 0.4) is 0 Å². The first kappa shape index (κ1) is 12.4. The molecule has 16 heavy (non-hydrogen) atoms. The van der Waals surface area contributed by atoms with Gasteiger partial charge in [0.1, 0.15) is 0 Å². The summed E-state index contributed by atoms with van der Waals surface area (Å²) < 4.78 is 24.8. The highest BCUT2D eigenvalue weighted by Gasteiger charge is 2.16. The highest BCUT2D eigenvalue weighted by atomic mass is 32.2. The number of carboxylic acid groups (broad SMARTS) is 1. The Morgan fingerprint density at radius 3 is 2.56 bits per heavy atom. The van der Waals surface area contributed by atoms with Crippen LogP contribution >= 0.6 is 0 Å². The van der Waals surface area contributed by atoms with E-state index in [4.69, 9.17) is 5.11 Å². The fourth-order valence-electron chi connectivity index (χ4n) is 1.16. The average Bonchev–Trinajstić information content (AvgIpc) is 2.07. The zero-order valence-electron chi connectivity index (χ0n) is 8.89. The molecular weight excluding hydrogens is 232 g/mol. The van der Waals surface area contributed by atoms with Crippen LogP contribution in [0, 0.1) is 13.8 Å². The summed E-state index contributed by atoms with van der Waals surface area (Å²) in [5, 5.41) is 8.41. The van der Waals surface area contributed by atoms with Gasteiger partial charge in [0.25, 0.3) is 0 Å². The van der Waals surface area contributed by atoms with Crippen molar-refractivity contribution >= 4 is 21.7 Å². The molecule has 0 aliphatic heterocycles. The van der Waals surface area contributed by atoms with Crippen LogP contribution in [0.5, 0.6) is 0 Å². The van der Waals surface area contributed by atoms with Gasteiger partial charge in [-0.05, 0) is 26.0 Å². The predicted molar refractivity (Wildman–Crippen MR) is 58.8 cm³/mol. The van der Waals surface area contributed by atoms with Gasteiger partial charge in [-0.2, -0.15) is 0 Å². The summed E-state index contributed by atoms with van der Waals surface area (Å²) in [4.78, 5) is 14.4. The molecule has 0 amide bonds. The number of carboxylic acids is 1. The van der Waals surface area contributed by atoms with E-state index in [1.54, 1.807) is 26.0 Å². The number of pyridine rings is 1. The Kier molecular flexibility index (Phi) is 3.48. The molecule has 2 N–H and O–H groups in total. The van der Waals surface area contributed by atoms with Crippen molar-refractivity contribution in [1.82, 2.24) is 4.98 Å². The van der Waals surface area contributed by atoms with Gasteiger partial charge in [0.05, 0.1) is 11.4 Å². The highest BCUT2D eigenvalue weighted by molar-refractivity contribution is 7.93. The smallest absolute Gasteiger partial charge is 0.320 e. The minimum absolute atomic E-state index is 0.298. The van der Waals surface area contributed by atoms with Crippen molar-refractivity contribution < 1.29 is 18.3 Å². The highest BCUT2D eigenvalue weighted by Crippen LogP contribution is 2.14. The molecule has 0 aromatic carbocycles. The quantitative estimate of drug-likeness (QED) is 0.805. The van der Waals surface area contributed by atoms with Crippen LogP contribution in [-0.2, 0) is 14.8 Å². The van der Waals surface area contributed by atoms with E-state index < -0.39 is 21.7 Å². The van der Waals surface area contributed by atoms with Crippen LogP contribution < -0.4 is 4.72 Å². The summed E-state index contributed by atoms with van der Waals surface area (Å²) in [6, 6.07) is 3.20. The maximum absolute atomic E-state index is 11.3. The molecule has 0 saturated heterocycles. The summed E-state index contributed by atoms with van der Waals surface area (Å²) in [5.74, 6) is -2.36. The van der Waals surface area contributed by atoms with Gasteiger partial charge in [0.2, 0.25) is 10.0 Å². The molecule has 0 atom stereocenters. The Bertz CT molecular complexity index is 510. The Hall–Kier alpha value is -1.63. The number of aliphatic carboxylic acids is 1. The van der Waals surface area contributed by atoms with Gasteiger partial charge < -0.3 is 5.11 Å². The van der Waals surface area contributed by atoms with Crippen molar-refractivity contribution in [2.75, 3.05) is 10.5 Å². The number of sulfonamides is 1. The van der Waals surface area contributed by atoms with Crippen molar-refractivity contribution in [2.24, 2.45) is 0 Å².